The van der Waals surface area contributed by atoms with Crippen molar-refractivity contribution in [3.8, 4) is 11.5 Å². The number of ether oxygens (including phenoxy) is 1. The number of nitro benzene ring substituents is 1. The quantitative estimate of drug-likeness (QED) is 0.541. The van der Waals surface area contributed by atoms with Crippen LogP contribution in [0.4, 0.5) is 5.69 Å². The molecule has 0 bridgehead atoms. The summed E-state index contributed by atoms with van der Waals surface area (Å²) < 4.78 is 5.97. The number of aromatic nitrogens is 1. The zero-order valence-electron chi connectivity index (χ0n) is 12.1. The predicted octanol–water partition coefficient (Wildman–Crippen LogP) is 3.46. The van der Waals surface area contributed by atoms with E-state index in [2.05, 4.69) is 4.98 Å². The number of hydrogen-bond donors (Lipinski definition) is 0. The Kier molecular flexibility index (Phi) is 3.94. The van der Waals surface area contributed by atoms with Crippen molar-refractivity contribution in [3.63, 3.8) is 0 Å². The number of nitro groups is 1. The van der Waals surface area contributed by atoms with Crippen molar-refractivity contribution in [1.82, 2.24) is 4.98 Å². The van der Waals surface area contributed by atoms with Gasteiger partial charge < -0.3 is 9.84 Å². The molecule has 0 aliphatic heterocycles. The first-order valence-corrected chi connectivity index (χ1v) is 7.47. The molecule has 1 heterocycles. The average Bonchev–Trinajstić information content (AvgIpc) is 2.96. The van der Waals surface area contributed by atoms with E-state index in [9.17, 15) is 15.2 Å². The maximum Gasteiger partial charge on any atom is 0.266 e. The lowest BCUT2D eigenvalue weighted by Crippen LogP contribution is -2.01. The molecule has 0 unspecified atom stereocenters. The minimum atomic E-state index is -0.727. The highest BCUT2D eigenvalue weighted by molar-refractivity contribution is 7.19. The zero-order valence-corrected chi connectivity index (χ0v) is 12.9. The van der Waals surface area contributed by atoms with Crippen molar-refractivity contribution in [2.75, 3.05) is 7.11 Å². The summed E-state index contributed by atoms with van der Waals surface area (Å²) in [6.07, 6.45) is 3.43. The molecule has 23 heavy (non-hydrogen) atoms. The number of fused-ring (bicyclic) bond motifs is 1. The fraction of sp³-hybridized carbons (Fsp3) is 0.0625. The second-order valence-electron chi connectivity index (χ2n) is 4.68. The third-order valence-electron chi connectivity index (χ3n) is 3.20. The summed E-state index contributed by atoms with van der Waals surface area (Å²) in [6, 6.07) is 10.5. The van der Waals surface area contributed by atoms with Gasteiger partial charge in [0.1, 0.15) is 10.8 Å². The molecule has 0 amide bonds. The molecule has 116 valence electrons. The van der Waals surface area contributed by atoms with Crippen molar-refractivity contribution in [1.29, 1.82) is 0 Å². The second-order valence-corrected chi connectivity index (χ2v) is 5.74. The number of thiazole rings is 1. The van der Waals surface area contributed by atoms with E-state index < -0.39 is 16.4 Å². The van der Waals surface area contributed by atoms with E-state index in [4.69, 9.17) is 4.74 Å². The minimum Gasteiger partial charge on any atom is -0.865 e. The van der Waals surface area contributed by atoms with E-state index in [1.807, 2.05) is 24.3 Å². The van der Waals surface area contributed by atoms with Gasteiger partial charge in [-0.1, -0.05) is 18.2 Å². The van der Waals surface area contributed by atoms with E-state index in [1.165, 1.54) is 30.6 Å². The van der Waals surface area contributed by atoms with Crippen LogP contribution in [0.2, 0.25) is 0 Å². The zero-order chi connectivity index (χ0) is 16.4. The summed E-state index contributed by atoms with van der Waals surface area (Å²) in [5.41, 5.74) is 0.899. The van der Waals surface area contributed by atoms with Gasteiger partial charge in [-0.15, -0.1) is 11.3 Å². The van der Waals surface area contributed by atoms with Gasteiger partial charge in [-0.3, -0.25) is 10.1 Å². The Morgan fingerprint density at radius 1 is 1.26 bits per heavy atom. The molecule has 0 fully saturated rings. The molecule has 0 saturated carbocycles. The third kappa shape index (κ3) is 3.00. The summed E-state index contributed by atoms with van der Waals surface area (Å²) >= 11 is 1.52. The molecule has 0 atom stereocenters. The molecule has 0 radical (unpaired) electrons. The van der Waals surface area contributed by atoms with Gasteiger partial charge in [0.15, 0.2) is 0 Å². The van der Waals surface area contributed by atoms with Gasteiger partial charge in [-0.25, -0.2) is 4.98 Å². The average molecular weight is 327 g/mol. The van der Waals surface area contributed by atoms with Gasteiger partial charge in [-0.05, 0) is 29.8 Å². The first-order chi connectivity index (χ1) is 11.1. The van der Waals surface area contributed by atoms with Gasteiger partial charge in [0.25, 0.3) is 5.69 Å². The lowest BCUT2D eigenvalue weighted by atomic mass is 10.1. The first-order valence-electron chi connectivity index (χ1n) is 6.65. The van der Waals surface area contributed by atoms with Crippen molar-refractivity contribution in [3.05, 3.63) is 57.1 Å². The molecule has 2 aromatic carbocycles. The molecule has 0 saturated heterocycles. The van der Waals surface area contributed by atoms with Crippen LogP contribution in [-0.2, 0) is 0 Å². The molecular formula is C16H11N2O4S-. The van der Waals surface area contributed by atoms with E-state index in [0.29, 0.717) is 5.56 Å². The lowest BCUT2D eigenvalue weighted by molar-refractivity contribution is -0.398. The van der Waals surface area contributed by atoms with Gasteiger partial charge in [-0.2, -0.15) is 0 Å². The third-order valence-corrected chi connectivity index (χ3v) is 4.20. The highest BCUT2D eigenvalue weighted by Crippen LogP contribution is 2.35. The normalized spacial score (nSPS) is 11.2. The molecule has 6 nitrogen and oxygen atoms in total. The maximum atomic E-state index is 11.8. The molecule has 0 aliphatic rings. The standard InChI is InChI=1S/C16H12N2O4S/c1-22-13-9-10(8-12(16(13)19)18(20)21)6-7-15-17-11-4-2-3-5-14(11)23-15/h2-9,19H,1H3/p-1/b7-6+. The molecular weight excluding hydrogens is 316 g/mol. The van der Waals surface area contributed by atoms with Gasteiger partial charge in [0.2, 0.25) is 0 Å². The maximum absolute atomic E-state index is 11.8. The van der Waals surface area contributed by atoms with Crippen molar-refractivity contribution >= 4 is 39.4 Å². The van der Waals surface area contributed by atoms with Crippen LogP contribution in [0.3, 0.4) is 0 Å². The van der Waals surface area contributed by atoms with Crippen LogP contribution < -0.4 is 9.84 Å². The van der Waals surface area contributed by atoms with Crippen LogP contribution in [0.5, 0.6) is 11.5 Å². The molecule has 3 aromatic rings. The highest BCUT2D eigenvalue weighted by Gasteiger charge is 2.12. The Balaban J connectivity index is 1.98. The topological polar surface area (TPSA) is 88.3 Å². The summed E-state index contributed by atoms with van der Waals surface area (Å²) in [6.45, 7) is 0. The number of benzene rings is 2. The summed E-state index contributed by atoms with van der Waals surface area (Å²) in [7, 11) is 1.31. The predicted molar refractivity (Wildman–Crippen MR) is 87.6 cm³/mol. The Labute approximate surface area is 135 Å². The Morgan fingerprint density at radius 3 is 2.74 bits per heavy atom. The minimum absolute atomic E-state index is 0.0526. The summed E-state index contributed by atoms with van der Waals surface area (Å²) in [5.74, 6) is -0.780. The number of methoxy groups -OCH3 is 1. The molecule has 7 heteroatoms. The van der Waals surface area contributed by atoms with E-state index in [-0.39, 0.29) is 5.75 Å². The lowest BCUT2D eigenvalue weighted by Gasteiger charge is -2.13. The summed E-state index contributed by atoms with van der Waals surface area (Å²) in [5, 5.41) is 23.5. The van der Waals surface area contributed by atoms with Crippen LogP contribution in [0.15, 0.2) is 36.4 Å². The molecule has 0 N–H and O–H groups in total. The SMILES string of the molecule is COc1cc(/C=C/c2nc3ccccc3s2)cc([N+](=O)[O-])c1[O-]. The fourth-order valence-electron chi connectivity index (χ4n) is 2.12. The van der Waals surface area contributed by atoms with Crippen LogP contribution in [-0.4, -0.2) is 17.0 Å². The van der Waals surface area contributed by atoms with Gasteiger partial charge in [0.05, 0.1) is 22.2 Å². The largest absolute Gasteiger partial charge is 0.865 e. The smallest absolute Gasteiger partial charge is 0.266 e. The number of hydrogen-bond acceptors (Lipinski definition) is 6. The van der Waals surface area contributed by atoms with Crippen molar-refractivity contribution in [2.45, 2.75) is 0 Å². The first kappa shape index (κ1) is 15.0. The van der Waals surface area contributed by atoms with Crippen LogP contribution in [0, 0.1) is 10.1 Å². The number of rotatable bonds is 4. The Hall–Kier alpha value is -2.93. The van der Waals surface area contributed by atoms with E-state index in [1.54, 1.807) is 12.2 Å². The molecule has 0 spiro atoms. The van der Waals surface area contributed by atoms with Gasteiger partial charge >= 0.3 is 0 Å². The number of nitrogens with zero attached hydrogens (tertiary/aromatic N) is 2. The van der Waals surface area contributed by atoms with Gasteiger partial charge in [0, 0.05) is 11.8 Å². The van der Waals surface area contributed by atoms with E-state index in [0.717, 1.165) is 15.2 Å². The second kappa shape index (κ2) is 6.05. The monoisotopic (exact) mass is 327 g/mol. The number of para-hydroxylation sites is 1. The molecule has 0 aliphatic carbocycles. The highest BCUT2D eigenvalue weighted by atomic mass is 32.1. The molecule has 1 aromatic heterocycles. The Morgan fingerprint density at radius 2 is 2.04 bits per heavy atom. The van der Waals surface area contributed by atoms with Crippen LogP contribution in [0.25, 0.3) is 22.4 Å². The summed E-state index contributed by atoms with van der Waals surface area (Å²) in [4.78, 5) is 14.7. The van der Waals surface area contributed by atoms with Crippen LogP contribution >= 0.6 is 11.3 Å². The fourth-order valence-corrected chi connectivity index (χ4v) is 2.99. The van der Waals surface area contributed by atoms with Crippen molar-refractivity contribution < 1.29 is 14.8 Å². The van der Waals surface area contributed by atoms with Crippen molar-refractivity contribution in [2.24, 2.45) is 0 Å². The Bertz CT molecular complexity index is 885. The molecule has 3 rings (SSSR count). The van der Waals surface area contributed by atoms with E-state index >= 15 is 0 Å². The van der Waals surface area contributed by atoms with Crippen LogP contribution in [0.1, 0.15) is 10.6 Å².